The summed E-state index contributed by atoms with van der Waals surface area (Å²) >= 11 is 0. The lowest BCUT2D eigenvalue weighted by Gasteiger charge is -2.07. The number of rotatable bonds is 6. The molecule has 0 aliphatic heterocycles. The van der Waals surface area contributed by atoms with Gasteiger partial charge in [0.25, 0.3) is 0 Å². The standard InChI is InChI=1S/C17H20O3/c1-3-9-20-16-8-7-14-6-5-13(10-15(14)12-16)11-17(18)19-4-2/h5-8,10,12H,3-4,9,11H2,1-2H3. The van der Waals surface area contributed by atoms with Crippen LogP contribution >= 0.6 is 0 Å². The van der Waals surface area contributed by atoms with Crippen LogP contribution in [0, 0.1) is 0 Å². The Balaban J connectivity index is 2.20. The third-order valence-corrected chi connectivity index (χ3v) is 3.00. The van der Waals surface area contributed by atoms with Crippen LogP contribution in [0.5, 0.6) is 5.75 Å². The molecule has 20 heavy (non-hydrogen) atoms. The van der Waals surface area contributed by atoms with Gasteiger partial charge in [-0.1, -0.05) is 31.2 Å². The van der Waals surface area contributed by atoms with E-state index in [2.05, 4.69) is 6.92 Å². The van der Waals surface area contributed by atoms with E-state index in [1.807, 2.05) is 43.3 Å². The first kappa shape index (κ1) is 14.4. The Morgan fingerprint density at radius 2 is 1.85 bits per heavy atom. The summed E-state index contributed by atoms with van der Waals surface area (Å²) in [5.74, 6) is 0.679. The molecule has 0 spiro atoms. The van der Waals surface area contributed by atoms with Crippen LogP contribution in [0.15, 0.2) is 36.4 Å². The van der Waals surface area contributed by atoms with Crippen molar-refractivity contribution >= 4 is 16.7 Å². The van der Waals surface area contributed by atoms with E-state index >= 15 is 0 Å². The monoisotopic (exact) mass is 272 g/mol. The second-order valence-corrected chi connectivity index (χ2v) is 4.67. The fourth-order valence-corrected chi connectivity index (χ4v) is 2.07. The van der Waals surface area contributed by atoms with Crippen LogP contribution in [-0.4, -0.2) is 19.2 Å². The van der Waals surface area contributed by atoms with Gasteiger partial charge in [0.2, 0.25) is 0 Å². The molecule has 2 aromatic rings. The Bertz CT molecular complexity index is 590. The lowest BCUT2D eigenvalue weighted by atomic mass is 10.0. The highest BCUT2D eigenvalue weighted by Crippen LogP contribution is 2.22. The smallest absolute Gasteiger partial charge is 0.310 e. The molecule has 0 saturated heterocycles. The molecule has 0 aliphatic carbocycles. The molecule has 0 radical (unpaired) electrons. The normalized spacial score (nSPS) is 10.5. The van der Waals surface area contributed by atoms with Gasteiger partial charge in [0, 0.05) is 0 Å². The Morgan fingerprint density at radius 3 is 2.60 bits per heavy atom. The number of hydrogen-bond acceptors (Lipinski definition) is 3. The van der Waals surface area contributed by atoms with E-state index in [1.165, 1.54) is 0 Å². The zero-order valence-corrected chi connectivity index (χ0v) is 12.0. The molecule has 0 saturated carbocycles. The summed E-state index contributed by atoms with van der Waals surface area (Å²) in [7, 11) is 0. The van der Waals surface area contributed by atoms with Crippen molar-refractivity contribution in [2.24, 2.45) is 0 Å². The number of ether oxygens (including phenoxy) is 2. The fourth-order valence-electron chi connectivity index (χ4n) is 2.07. The van der Waals surface area contributed by atoms with Crippen LogP contribution in [0.2, 0.25) is 0 Å². The first-order chi connectivity index (χ1) is 9.72. The highest BCUT2D eigenvalue weighted by molar-refractivity contribution is 5.85. The molecule has 0 bridgehead atoms. The second kappa shape index (κ2) is 6.94. The topological polar surface area (TPSA) is 35.5 Å². The highest BCUT2D eigenvalue weighted by atomic mass is 16.5. The van der Waals surface area contributed by atoms with Gasteiger partial charge in [-0.05, 0) is 41.8 Å². The largest absolute Gasteiger partial charge is 0.494 e. The first-order valence-corrected chi connectivity index (χ1v) is 7.04. The molecule has 0 aromatic heterocycles. The Kier molecular flexibility index (Phi) is 4.99. The van der Waals surface area contributed by atoms with Crippen molar-refractivity contribution in [3.8, 4) is 5.75 Å². The molecule has 0 aliphatic rings. The maximum Gasteiger partial charge on any atom is 0.310 e. The molecule has 2 aromatic carbocycles. The molecule has 0 amide bonds. The quantitative estimate of drug-likeness (QED) is 0.752. The molecule has 2 rings (SSSR count). The summed E-state index contributed by atoms with van der Waals surface area (Å²) in [6, 6.07) is 12.0. The molecule has 0 N–H and O–H groups in total. The molecule has 0 fully saturated rings. The maximum atomic E-state index is 11.5. The van der Waals surface area contributed by atoms with Crippen LogP contribution in [0.25, 0.3) is 10.8 Å². The summed E-state index contributed by atoms with van der Waals surface area (Å²) in [6.45, 7) is 5.03. The molecular formula is C17H20O3. The van der Waals surface area contributed by atoms with Crippen LogP contribution in [0.4, 0.5) is 0 Å². The molecule has 106 valence electrons. The molecule has 0 atom stereocenters. The lowest BCUT2D eigenvalue weighted by molar-refractivity contribution is -0.142. The predicted molar refractivity (Wildman–Crippen MR) is 80.1 cm³/mol. The first-order valence-electron chi connectivity index (χ1n) is 7.04. The Labute approximate surface area is 119 Å². The second-order valence-electron chi connectivity index (χ2n) is 4.67. The van der Waals surface area contributed by atoms with Crippen molar-refractivity contribution < 1.29 is 14.3 Å². The van der Waals surface area contributed by atoms with Gasteiger partial charge in [0.1, 0.15) is 5.75 Å². The Morgan fingerprint density at radius 1 is 1.05 bits per heavy atom. The van der Waals surface area contributed by atoms with E-state index in [4.69, 9.17) is 9.47 Å². The zero-order valence-electron chi connectivity index (χ0n) is 12.0. The van der Waals surface area contributed by atoms with Crippen molar-refractivity contribution in [1.82, 2.24) is 0 Å². The van der Waals surface area contributed by atoms with Crippen LogP contribution in [0.3, 0.4) is 0 Å². The minimum absolute atomic E-state index is 0.190. The van der Waals surface area contributed by atoms with Gasteiger partial charge < -0.3 is 9.47 Å². The lowest BCUT2D eigenvalue weighted by Crippen LogP contribution is -2.07. The summed E-state index contributed by atoms with van der Waals surface area (Å²) in [6.07, 6.45) is 1.30. The van der Waals surface area contributed by atoms with Gasteiger partial charge in [-0.15, -0.1) is 0 Å². The number of hydrogen-bond donors (Lipinski definition) is 0. The zero-order chi connectivity index (χ0) is 14.4. The number of carbonyl (C=O) groups excluding carboxylic acids is 1. The molecule has 0 unspecified atom stereocenters. The fraction of sp³-hybridized carbons (Fsp3) is 0.353. The molecule has 3 heteroatoms. The van der Waals surface area contributed by atoms with Gasteiger partial charge in [-0.25, -0.2) is 0 Å². The van der Waals surface area contributed by atoms with Gasteiger partial charge >= 0.3 is 5.97 Å². The minimum atomic E-state index is -0.190. The number of fused-ring (bicyclic) bond motifs is 1. The van der Waals surface area contributed by atoms with Crippen LogP contribution in [0.1, 0.15) is 25.8 Å². The van der Waals surface area contributed by atoms with E-state index in [0.717, 1.165) is 28.5 Å². The maximum absolute atomic E-state index is 11.5. The molecular weight excluding hydrogens is 252 g/mol. The summed E-state index contributed by atoms with van der Waals surface area (Å²) in [5, 5.41) is 2.22. The van der Waals surface area contributed by atoms with Crippen molar-refractivity contribution in [3.63, 3.8) is 0 Å². The van der Waals surface area contributed by atoms with Gasteiger partial charge in [-0.3, -0.25) is 4.79 Å². The van der Waals surface area contributed by atoms with E-state index in [9.17, 15) is 4.79 Å². The number of carbonyl (C=O) groups is 1. The van der Waals surface area contributed by atoms with E-state index < -0.39 is 0 Å². The predicted octanol–water partition coefficient (Wildman–Crippen LogP) is 3.73. The van der Waals surface area contributed by atoms with Crippen LogP contribution < -0.4 is 4.74 Å². The van der Waals surface area contributed by atoms with Gasteiger partial charge in [0.15, 0.2) is 0 Å². The van der Waals surface area contributed by atoms with Crippen molar-refractivity contribution in [3.05, 3.63) is 42.0 Å². The van der Waals surface area contributed by atoms with Crippen molar-refractivity contribution in [1.29, 1.82) is 0 Å². The molecule has 3 nitrogen and oxygen atoms in total. The van der Waals surface area contributed by atoms with E-state index in [-0.39, 0.29) is 5.97 Å². The van der Waals surface area contributed by atoms with Crippen molar-refractivity contribution in [2.75, 3.05) is 13.2 Å². The summed E-state index contributed by atoms with van der Waals surface area (Å²) < 4.78 is 10.6. The Hall–Kier alpha value is -2.03. The average molecular weight is 272 g/mol. The third-order valence-electron chi connectivity index (χ3n) is 3.00. The SMILES string of the molecule is CCCOc1ccc2ccc(CC(=O)OCC)cc2c1. The average Bonchev–Trinajstić information content (AvgIpc) is 2.45. The number of esters is 1. The summed E-state index contributed by atoms with van der Waals surface area (Å²) in [4.78, 5) is 11.5. The van der Waals surface area contributed by atoms with Gasteiger partial charge in [-0.2, -0.15) is 0 Å². The highest BCUT2D eigenvalue weighted by Gasteiger charge is 2.05. The third kappa shape index (κ3) is 3.73. The van der Waals surface area contributed by atoms with E-state index in [0.29, 0.717) is 19.6 Å². The van der Waals surface area contributed by atoms with Gasteiger partial charge in [0.05, 0.1) is 19.6 Å². The van der Waals surface area contributed by atoms with Crippen LogP contribution in [-0.2, 0) is 16.0 Å². The number of benzene rings is 2. The molecule has 0 heterocycles. The van der Waals surface area contributed by atoms with Crippen molar-refractivity contribution in [2.45, 2.75) is 26.7 Å². The minimum Gasteiger partial charge on any atom is -0.494 e. The summed E-state index contributed by atoms with van der Waals surface area (Å²) in [5.41, 5.74) is 0.962. The van der Waals surface area contributed by atoms with E-state index in [1.54, 1.807) is 0 Å².